The van der Waals surface area contributed by atoms with Crippen molar-refractivity contribution in [1.29, 1.82) is 0 Å². The van der Waals surface area contributed by atoms with Gasteiger partial charge in [-0.3, -0.25) is 4.57 Å². The van der Waals surface area contributed by atoms with Crippen LogP contribution in [0.3, 0.4) is 0 Å². The lowest BCUT2D eigenvalue weighted by molar-refractivity contribution is 0.629. The molecule has 1 aromatic heterocycles. The maximum Gasteiger partial charge on any atom is 0.205 e. The third kappa shape index (κ3) is 2.36. The van der Waals surface area contributed by atoms with E-state index in [2.05, 4.69) is 24.9 Å². The van der Waals surface area contributed by atoms with Crippen LogP contribution in [0.5, 0.6) is 0 Å². The summed E-state index contributed by atoms with van der Waals surface area (Å²) < 4.78 is 15.5. The summed E-state index contributed by atoms with van der Waals surface area (Å²) in [6, 6.07) is 10.8. The normalized spacial score (nSPS) is 11.5. The fraction of sp³-hybridized carbons (Fsp3) is 0.188. The number of nitrogens with zero attached hydrogens (tertiary/aromatic N) is 2. The second-order valence-corrected chi connectivity index (χ2v) is 5.72. The fourth-order valence-corrected chi connectivity index (χ4v) is 2.54. The van der Waals surface area contributed by atoms with Crippen LogP contribution in [-0.2, 0) is 0 Å². The molecule has 0 radical (unpaired) electrons. The number of nitrogen functional groups attached to an aromatic ring is 1. The number of rotatable bonds is 2. The molecule has 2 N–H and O–H groups in total. The molecule has 21 heavy (non-hydrogen) atoms. The quantitative estimate of drug-likeness (QED) is 0.756. The number of anilines is 1. The molecule has 0 saturated heterocycles. The lowest BCUT2D eigenvalue weighted by Gasteiger charge is -2.11. The summed E-state index contributed by atoms with van der Waals surface area (Å²) in [5.41, 5.74) is 9.23. The van der Waals surface area contributed by atoms with Crippen LogP contribution in [0.15, 0.2) is 36.4 Å². The van der Waals surface area contributed by atoms with E-state index < -0.39 is 5.82 Å². The van der Waals surface area contributed by atoms with Gasteiger partial charge in [0.1, 0.15) is 5.82 Å². The lowest BCUT2D eigenvalue weighted by Crippen LogP contribution is -2.01. The molecule has 0 spiro atoms. The average molecular weight is 304 g/mol. The van der Waals surface area contributed by atoms with Crippen molar-refractivity contribution in [3.05, 3.63) is 52.8 Å². The molecular weight excluding hydrogens is 289 g/mol. The third-order valence-corrected chi connectivity index (χ3v) is 3.81. The number of benzene rings is 2. The molecule has 2 aromatic carbocycles. The van der Waals surface area contributed by atoms with Crippen molar-refractivity contribution in [2.45, 2.75) is 19.8 Å². The lowest BCUT2D eigenvalue weighted by atomic mass is 10.0. The molecule has 0 aliphatic rings. The van der Waals surface area contributed by atoms with Crippen LogP contribution in [0.2, 0.25) is 5.02 Å². The van der Waals surface area contributed by atoms with Gasteiger partial charge in [-0.25, -0.2) is 9.37 Å². The molecule has 3 aromatic rings. The third-order valence-electron chi connectivity index (χ3n) is 3.52. The van der Waals surface area contributed by atoms with E-state index in [1.165, 1.54) is 17.7 Å². The number of hydrogen-bond donors (Lipinski definition) is 1. The molecule has 0 bridgehead atoms. The number of halogens is 2. The van der Waals surface area contributed by atoms with E-state index in [9.17, 15) is 4.39 Å². The number of nitrogens with two attached hydrogens (primary N) is 1. The van der Waals surface area contributed by atoms with E-state index >= 15 is 0 Å². The summed E-state index contributed by atoms with van der Waals surface area (Å²) in [5, 5.41) is 0.0445. The van der Waals surface area contributed by atoms with Crippen molar-refractivity contribution < 1.29 is 4.39 Å². The van der Waals surface area contributed by atoms with Crippen LogP contribution >= 0.6 is 11.6 Å². The second-order valence-electron chi connectivity index (χ2n) is 5.31. The number of imidazole rings is 1. The standard InChI is InChI=1S/C16H15ClFN3/c1-9(2)10-4-3-5-11(6-10)21-15-8-13(18)12(17)7-14(15)20-16(21)19/h3-9H,1-2H3,(H2,19,20). The Balaban J connectivity index is 2.27. The monoisotopic (exact) mass is 303 g/mol. The van der Waals surface area contributed by atoms with E-state index in [-0.39, 0.29) is 5.02 Å². The fourth-order valence-electron chi connectivity index (χ4n) is 2.39. The Labute approximate surface area is 127 Å². The van der Waals surface area contributed by atoms with E-state index in [0.29, 0.717) is 22.9 Å². The van der Waals surface area contributed by atoms with Gasteiger partial charge in [-0.2, -0.15) is 0 Å². The minimum atomic E-state index is -0.481. The highest BCUT2D eigenvalue weighted by molar-refractivity contribution is 6.31. The molecule has 3 nitrogen and oxygen atoms in total. The molecule has 0 saturated carbocycles. The molecule has 0 aliphatic carbocycles. The number of aromatic nitrogens is 2. The van der Waals surface area contributed by atoms with Crippen LogP contribution < -0.4 is 5.73 Å². The van der Waals surface area contributed by atoms with Crippen molar-refractivity contribution in [2.75, 3.05) is 5.73 Å². The zero-order valence-electron chi connectivity index (χ0n) is 11.8. The average Bonchev–Trinajstić information content (AvgIpc) is 2.74. The first-order valence-corrected chi connectivity index (χ1v) is 7.08. The summed E-state index contributed by atoms with van der Waals surface area (Å²) in [6.07, 6.45) is 0. The highest BCUT2D eigenvalue weighted by atomic mass is 35.5. The van der Waals surface area contributed by atoms with Crippen molar-refractivity contribution in [3.8, 4) is 5.69 Å². The SMILES string of the molecule is CC(C)c1cccc(-n2c(N)nc3cc(Cl)c(F)cc32)c1. The van der Waals surface area contributed by atoms with Gasteiger partial charge in [-0.05, 0) is 29.7 Å². The number of hydrogen-bond acceptors (Lipinski definition) is 2. The molecule has 0 fully saturated rings. The van der Waals surface area contributed by atoms with Crippen LogP contribution in [0.25, 0.3) is 16.7 Å². The molecule has 5 heteroatoms. The van der Waals surface area contributed by atoms with E-state index in [4.69, 9.17) is 17.3 Å². The topological polar surface area (TPSA) is 43.8 Å². The van der Waals surface area contributed by atoms with Gasteiger partial charge >= 0.3 is 0 Å². The van der Waals surface area contributed by atoms with Gasteiger partial charge in [0, 0.05) is 11.8 Å². The molecule has 0 aliphatic heterocycles. The summed E-state index contributed by atoms with van der Waals surface area (Å²) in [7, 11) is 0. The Morgan fingerprint density at radius 1 is 1.24 bits per heavy atom. The maximum atomic E-state index is 13.7. The minimum absolute atomic E-state index is 0.0445. The van der Waals surface area contributed by atoms with Gasteiger partial charge in [-0.15, -0.1) is 0 Å². The summed E-state index contributed by atoms with van der Waals surface area (Å²) in [5.74, 6) is 0.227. The molecule has 0 atom stereocenters. The van der Waals surface area contributed by atoms with E-state index in [1.54, 1.807) is 4.57 Å². The first-order chi connectivity index (χ1) is 9.97. The molecule has 1 heterocycles. The predicted octanol–water partition coefficient (Wildman–Crippen LogP) is 4.52. The first kappa shape index (κ1) is 13.9. The molecule has 0 amide bonds. The second kappa shape index (κ2) is 5.04. The molecule has 0 unspecified atom stereocenters. The van der Waals surface area contributed by atoms with Gasteiger partial charge in [0.2, 0.25) is 5.95 Å². The summed E-state index contributed by atoms with van der Waals surface area (Å²) in [4.78, 5) is 4.26. The summed E-state index contributed by atoms with van der Waals surface area (Å²) in [6.45, 7) is 4.24. The highest BCUT2D eigenvalue weighted by Gasteiger charge is 2.13. The zero-order chi connectivity index (χ0) is 15.1. The van der Waals surface area contributed by atoms with Gasteiger partial charge < -0.3 is 5.73 Å². The molecule has 3 rings (SSSR count). The Bertz CT molecular complexity index is 824. The van der Waals surface area contributed by atoms with Crippen molar-refractivity contribution >= 4 is 28.6 Å². The van der Waals surface area contributed by atoms with Gasteiger partial charge in [0.25, 0.3) is 0 Å². The Morgan fingerprint density at radius 2 is 2.00 bits per heavy atom. The maximum absolute atomic E-state index is 13.7. The Hall–Kier alpha value is -2.07. The van der Waals surface area contributed by atoms with Crippen molar-refractivity contribution in [2.24, 2.45) is 0 Å². The van der Waals surface area contributed by atoms with E-state index in [1.807, 2.05) is 18.2 Å². The van der Waals surface area contributed by atoms with Crippen LogP contribution in [-0.4, -0.2) is 9.55 Å². The Morgan fingerprint density at radius 3 is 2.71 bits per heavy atom. The van der Waals surface area contributed by atoms with E-state index in [0.717, 1.165) is 5.69 Å². The zero-order valence-corrected chi connectivity index (χ0v) is 12.5. The van der Waals surface area contributed by atoms with Crippen LogP contribution in [0.4, 0.5) is 10.3 Å². The molecule has 108 valence electrons. The van der Waals surface area contributed by atoms with Crippen LogP contribution in [0.1, 0.15) is 25.3 Å². The minimum Gasteiger partial charge on any atom is -0.369 e. The first-order valence-electron chi connectivity index (χ1n) is 6.70. The highest BCUT2D eigenvalue weighted by Crippen LogP contribution is 2.28. The largest absolute Gasteiger partial charge is 0.369 e. The number of fused-ring (bicyclic) bond motifs is 1. The predicted molar refractivity (Wildman–Crippen MR) is 84.5 cm³/mol. The molecular formula is C16H15ClFN3. The summed E-state index contributed by atoms with van der Waals surface area (Å²) >= 11 is 5.80. The smallest absolute Gasteiger partial charge is 0.205 e. The van der Waals surface area contributed by atoms with Crippen molar-refractivity contribution in [3.63, 3.8) is 0 Å². The Kier molecular flexibility index (Phi) is 3.33. The van der Waals surface area contributed by atoms with Crippen molar-refractivity contribution in [1.82, 2.24) is 9.55 Å². The van der Waals surface area contributed by atoms with Gasteiger partial charge in [0.15, 0.2) is 0 Å². The van der Waals surface area contributed by atoms with Crippen LogP contribution in [0, 0.1) is 5.82 Å². The van der Waals surface area contributed by atoms with Gasteiger partial charge in [0.05, 0.1) is 16.1 Å². The van der Waals surface area contributed by atoms with Gasteiger partial charge in [-0.1, -0.05) is 37.6 Å².